The van der Waals surface area contributed by atoms with Crippen molar-refractivity contribution < 1.29 is 4.21 Å². The Hall–Kier alpha value is -0.870. The molecular formula is C11H18N2OS. The van der Waals surface area contributed by atoms with Crippen molar-refractivity contribution >= 4 is 16.7 Å². The van der Waals surface area contributed by atoms with E-state index in [1.165, 1.54) is 5.56 Å². The fraction of sp³-hybridized carbons (Fsp3) is 0.455. The van der Waals surface area contributed by atoms with Crippen LogP contribution in [0.1, 0.15) is 30.9 Å². The van der Waals surface area contributed by atoms with Crippen LogP contribution in [0.2, 0.25) is 0 Å². The van der Waals surface area contributed by atoms with Gasteiger partial charge in [0.05, 0.1) is 0 Å². The highest BCUT2D eigenvalue weighted by Gasteiger charge is 2.04. The van der Waals surface area contributed by atoms with Crippen molar-refractivity contribution in [1.82, 2.24) is 0 Å². The van der Waals surface area contributed by atoms with Gasteiger partial charge in [0.1, 0.15) is 11.0 Å². The maximum absolute atomic E-state index is 11.1. The molecule has 3 N–H and O–H groups in total. The Bertz CT molecular complexity index is 364. The number of hydrogen-bond donors (Lipinski definition) is 2. The molecular weight excluding hydrogens is 208 g/mol. The van der Waals surface area contributed by atoms with Crippen molar-refractivity contribution in [2.75, 3.05) is 11.0 Å². The van der Waals surface area contributed by atoms with Gasteiger partial charge in [0.2, 0.25) is 0 Å². The van der Waals surface area contributed by atoms with Gasteiger partial charge in [-0.3, -0.25) is 0 Å². The van der Waals surface area contributed by atoms with E-state index in [4.69, 9.17) is 5.73 Å². The van der Waals surface area contributed by atoms with Crippen LogP contribution >= 0.6 is 0 Å². The molecule has 0 saturated heterocycles. The highest BCUT2D eigenvalue weighted by Crippen LogP contribution is 2.21. The SMILES string of the molecule is CC(C)c1cc(CN)cc(NS(C)=O)c1. The lowest BCUT2D eigenvalue weighted by Gasteiger charge is -2.11. The molecule has 0 heterocycles. The Balaban J connectivity index is 3.05. The largest absolute Gasteiger partial charge is 0.326 e. The lowest BCUT2D eigenvalue weighted by atomic mass is 10.00. The first-order chi connectivity index (χ1) is 7.02. The van der Waals surface area contributed by atoms with Gasteiger partial charge in [-0.15, -0.1) is 0 Å². The average molecular weight is 226 g/mol. The van der Waals surface area contributed by atoms with Crippen molar-refractivity contribution in [3.8, 4) is 0 Å². The summed E-state index contributed by atoms with van der Waals surface area (Å²) in [6.45, 7) is 4.76. The van der Waals surface area contributed by atoms with Gasteiger partial charge < -0.3 is 10.5 Å². The van der Waals surface area contributed by atoms with Crippen LogP contribution in [0.15, 0.2) is 18.2 Å². The molecule has 0 bridgehead atoms. The van der Waals surface area contributed by atoms with Crippen molar-refractivity contribution in [3.05, 3.63) is 29.3 Å². The summed E-state index contributed by atoms with van der Waals surface area (Å²) in [5, 5.41) is 0. The number of nitrogens with two attached hydrogens (primary N) is 1. The highest BCUT2D eigenvalue weighted by atomic mass is 32.2. The molecule has 0 amide bonds. The number of nitrogens with one attached hydrogen (secondary N) is 1. The predicted octanol–water partition coefficient (Wildman–Crippen LogP) is 1.97. The minimum atomic E-state index is -1.04. The first-order valence-electron chi connectivity index (χ1n) is 4.97. The summed E-state index contributed by atoms with van der Waals surface area (Å²) in [5.41, 5.74) is 8.77. The first kappa shape index (κ1) is 12.2. The first-order valence-corrected chi connectivity index (χ1v) is 6.52. The van der Waals surface area contributed by atoms with Crippen LogP contribution in [-0.2, 0) is 17.5 Å². The Morgan fingerprint density at radius 1 is 1.40 bits per heavy atom. The van der Waals surface area contributed by atoms with Crippen LogP contribution in [0.4, 0.5) is 5.69 Å². The second kappa shape index (κ2) is 5.28. The van der Waals surface area contributed by atoms with E-state index in [9.17, 15) is 4.21 Å². The second-order valence-electron chi connectivity index (χ2n) is 3.88. The fourth-order valence-corrected chi connectivity index (χ4v) is 1.84. The molecule has 0 aliphatic heterocycles. The zero-order chi connectivity index (χ0) is 11.4. The molecule has 0 fully saturated rings. The monoisotopic (exact) mass is 226 g/mol. The molecule has 0 spiro atoms. The number of hydrogen-bond acceptors (Lipinski definition) is 2. The predicted molar refractivity (Wildman–Crippen MR) is 66.1 cm³/mol. The minimum absolute atomic E-state index is 0.447. The van der Waals surface area contributed by atoms with Gasteiger partial charge >= 0.3 is 0 Å². The summed E-state index contributed by atoms with van der Waals surface area (Å²) in [6.07, 6.45) is 1.62. The van der Waals surface area contributed by atoms with E-state index in [1.54, 1.807) is 6.26 Å². The molecule has 1 aromatic rings. The Morgan fingerprint density at radius 2 is 2.07 bits per heavy atom. The third-order valence-corrected chi connectivity index (χ3v) is 2.70. The molecule has 0 aromatic heterocycles. The normalized spacial score (nSPS) is 12.9. The molecule has 1 aromatic carbocycles. The van der Waals surface area contributed by atoms with Crippen LogP contribution in [0.5, 0.6) is 0 Å². The van der Waals surface area contributed by atoms with E-state index < -0.39 is 11.0 Å². The van der Waals surface area contributed by atoms with Gasteiger partial charge in [-0.05, 0) is 29.2 Å². The van der Waals surface area contributed by atoms with Crippen molar-refractivity contribution in [2.45, 2.75) is 26.3 Å². The van der Waals surface area contributed by atoms with Crippen molar-refractivity contribution in [3.63, 3.8) is 0 Å². The molecule has 15 heavy (non-hydrogen) atoms. The molecule has 0 aliphatic carbocycles. The molecule has 1 unspecified atom stereocenters. The van der Waals surface area contributed by atoms with Gasteiger partial charge in [0.25, 0.3) is 0 Å². The Labute approximate surface area is 93.7 Å². The standard InChI is InChI=1S/C11H18N2OS/c1-8(2)10-4-9(7-12)5-11(6-10)13-15(3)14/h4-6,8,13H,7,12H2,1-3H3. The fourth-order valence-electron chi connectivity index (χ4n) is 1.39. The lowest BCUT2D eigenvalue weighted by molar-refractivity contribution is 0.690. The maximum Gasteiger partial charge on any atom is 0.113 e. The molecule has 3 nitrogen and oxygen atoms in total. The number of rotatable bonds is 4. The zero-order valence-corrected chi connectivity index (χ0v) is 10.2. The van der Waals surface area contributed by atoms with E-state index in [1.807, 2.05) is 12.1 Å². The molecule has 84 valence electrons. The lowest BCUT2D eigenvalue weighted by Crippen LogP contribution is -2.05. The Kier molecular flexibility index (Phi) is 4.29. The van der Waals surface area contributed by atoms with Gasteiger partial charge in [-0.25, -0.2) is 4.21 Å². The zero-order valence-electron chi connectivity index (χ0n) is 9.41. The summed E-state index contributed by atoms with van der Waals surface area (Å²) in [6, 6.07) is 6.05. The van der Waals surface area contributed by atoms with Crippen LogP contribution in [0.3, 0.4) is 0 Å². The smallest absolute Gasteiger partial charge is 0.113 e. The summed E-state index contributed by atoms with van der Waals surface area (Å²) < 4.78 is 14.0. The third kappa shape index (κ3) is 3.64. The molecule has 0 saturated carbocycles. The van der Waals surface area contributed by atoms with Gasteiger partial charge in [0, 0.05) is 18.5 Å². The summed E-state index contributed by atoms with van der Waals surface area (Å²) >= 11 is 0. The van der Waals surface area contributed by atoms with Crippen molar-refractivity contribution in [1.29, 1.82) is 0 Å². The summed E-state index contributed by atoms with van der Waals surface area (Å²) in [5.74, 6) is 0.447. The van der Waals surface area contributed by atoms with Crippen LogP contribution < -0.4 is 10.5 Å². The summed E-state index contributed by atoms with van der Waals surface area (Å²) in [7, 11) is -1.04. The Morgan fingerprint density at radius 3 is 2.53 bits per heavy atom. The minimum Gasteiger partial charge on any atom is -0.326 e. The molecule has 1 atom stereocenters. The topological polar surface area (TPSA) is 55.1 Å². The molecule has 0 aliphatic rings. The molecule has 0 radical (unpaired) electrons. The van der Waals surface area contributed by atoms with E-state index in [0.717, 1.165) is 11.3 Å². The highest BCUT2D eigenvalue weighted by molar-refractivity contribution is 7.85. The van der Waals surface area contributed by atoms with E-state index in [2.05, 4.69) is 24.6 Å². The molecule has 1 rings (SSSR count). The van der Waals surface area contributed by atoms with Crippen LogP contribution in [-0.4, -0.2) is 10.5 Å². The van der Waals surface area contributed by atoms with Gasteiger partial charge in [0.15, 0.2) is 0 Å². The third-order valence-electron chi connectivity index (χ3n) is 2.18. The number of anilines is 1. The van der Waals surface area contributed by atoms with E-state index >= 15 is 0 Å². The molecule has 4 heteroatoms. The van der Waals surface area contributed by atoms with E-state index in [-0.39, 0.29) is 0 Å². The van der Waals surface area contributed by atoms with Crippen LogP contribution in [0, 0.1) is 0 Å². The van der Waals surface area contributed by atoms with Crippen LogP contribution in [0.25, 0.3) is 0 Å². The second-order valence-corrected chi connectivity index (χ2v) is 4.99. The average Bonchev–Trinajstić information content (AvgIpc) is 2.16. The quantitative estimate of drug-likeness (QED) is 0.824. The van der Waals surface area contributed by atoms with Gasteiger partial charge in [-0.2, -0.15) is 0 Å². The number of benzene rings is 1. The maximum atomic E-state index is 11.1. The van der Waals surface area contributed by atoms with Gasteiger partial charge in [-0.1, -0.05) is 19.9 Å². The van der Waals surface area contributed by atoms with E-state index in [0.29, 0.717) is 12.5 Å². The summed E-state index contributed by atoms with van der Waals surface area (Å²) in [4.78, 5) is 0. The van der Waals surface area contributed by atoms with Crippen molar-refractivity contribution in [2.24, 2.45) is 5.73 Å².